The van der Waals surface area contributed by atoms with Crippen LogP contribution in [0.15, 0.2) is 72.8 Å². The van der Waals surface area contributed by atoms with Gasteiger partial charge in [0.25, 0.3) is 0 Å². The van der Waals surface area contributed by atoms with Crippen LogP contribution in [0.2, 0.25) is 10.0 Å². The lowest BCUT2D eigenvalue weighted by molar-refractivity contribution is -0.142. The zero-order valence-electron chi connectivity index (χ0n) is 25.1. The lowest BCUT2D eigenvalue weighted by atomic mass is 10.00. The number of amides is 2. The van der Waals surface area contributed by atoms with Crippen molar-refractivity contribution in [3.8, 4) is 5.75 Å². The monoisotopic (exact) mass is 647 g/mol. The second-order valence-corrected chi connectivity index (χ2v) is 14.1. The lowest BCUT2D eigenvalue weighted by Gasteiger charge is -2.34. The summed E-state index contributed by atoms with van der Waals surface area (Å²) in [4.78, 5) is 29.2. The summed E-state index contributed by atoms with van der Waals surface area (Å²) >= 11 is 12.4. The van der Waals surface area contributed by atoms with Crippen molar-refractivity contribution in [1.82, 2.24) is 10.2 Å². The number of hydrogen-bond acceptors (Lipinski definition) is 5. The van der Waals surface area contributed by atoms with Crippen LogP contribution in [0.3, 0.4) is 0 Å². The molecule has 43 heavy (non-hydrogen) atoms. The number of rotatable bonds is 13. The minimum Gasteiger partial charge on any atom is -0.497 e. The maximum absolute atomic E-state index is 14.0. The molecule has 3 aromatic carbocycles. The van der Waals surface area contributed by atoms with Gasteiger partial charge in [-0.2, -0.15) is 0 Å². The number of carbonyl (C=O) groups excluding carboxylic acids is 2. The normalized spacial score (nSPS) is 12.3. The Morgan fingerprint density at radius 1 is 0.930 bits per heavy atom. The van der Waals surface area contributed by atoms with Crippen LogP contribution in [0.25, 0.3) is 0 Å². The van der Waals surface area contributed by atoms with E-state index in [0.717, 1.165) is 11.8 Å². The van der Waals surface area contributed by atoms with Gasteiger partial charge in [0.2, 0.25) is 21.8 Å². The van der Waals surface area contributed by atoms with Gasteiger partial charge in [0.1, 0.15) is 11.8 Å². The third-order valence-electron chi connectivity index (χ3n) is 6.60. The minimum atomic E-state index is -3.65. The highest BCUT2D eigenvalue weighted by Gasteiger charge is 2.32. The second kappa shape index (κ2) is 14.9. The summed E-state index contributed by atoms with van der Waals surface area (Å²) in [5.41, 5.74) is 1.51. The first-order valence-corrected chi connectivity index (χ1v) is 16.5. The number of nitrogens with one attached hydrogen (secondary N) is 1. The van der Waals surface area contributed by atoms with Crippen molar-refractivity contribution < 1.29 is 22.7 Å². The summed E-state index contributed by atoms with van der Waals surface area (Å²) < 4.78 is 31.9. The van der Waals surface area contributed by atoms with E-state index >= 15 is 0 Å². The number of ether oxygens (including phenoxy) is 1. The van der Waals surface area contributed by atoms with Crippen LogP contribution in [0.4, 0.5) is 5.69 Å². The molecule has 0 unspecified atom stereocenters. The van der Waals surface area contributed by atoms with Crippen LogP contribution in [0, 0.1) is 0 Å². The zero-order valence-corrected chi connectivity index (χ0v) is 27.5. The van der Waals surface area contributed by atoms with Crippen molar-refractivity contribution >= 4 is 50.7 Å². The summed E-state index contributed by atoms with van der Waals surface area (Å²) in [6, 6.07) is 20.5. The van der Waals surface area contributed by atoms with E-state index in [1.165, 1.54) is 11.4 Å². The highest BCUT2D eigenvalue weighted by Crippen LogP contribution is 2.26. The van der Waals surface area contributed by atoms with Gasteiger partial charge in [-0.15, -0.1) is 0 Å². The first-order chi connectivity index (χ1) is 20.2. The Balaban J connectivity index is 1.93. The fourth-order valence-corrected chi connectivity index (χ4v) is 5.89. The van der Waals surface area contributed by atoms with E-state index < -0.39 is 21.6 Å². The SMILES string of the molecule is COc1cccc(N(CCCC(=O)N(Cc2ccc(Cl)c(Cl)c2)[C@@H](Cc2ccccc2)C(=O)NC(C)(C)C)S(C)(=O)=O)c1. The molecule has 3 aromatic rings. The first kappa shape index (κ1) is 34.2. The van der Waals surface area contributed by atoms with Crippen molar-refractivity contribution in [3.63, 3.8) is 0 Å². The molecule has 0 aliphatic carbocycles. The number of benzene rings is 3. The molecule has 8 nitrogen and oxygen atoms in total. The molecule has 232 valence electrons. The number of hydrogen-bond donors (Lipinski definition) is 1. The Hall–Kier alpha value is -3.27. The molecule has 0 bridgehead atoms. The van der Waals surface area contributed by atoms with Crippen molar-refractivity contribution in [3.05, 3.63) is 94.0 Å². The summed E-state index contributed by atoms with van der Waals surface area (Å²) in [7, 11) is -2.14. The molecule has 0 saturated heterocycles. The van der Waals surface area contributed by atoms with Gasteiger partial charge < -0.3 is 15.0 Å². The van der Waals surface area contributed by atoms with Gasteiger partial charge in [0.15, 0.2) is 0 Å². The van der Waals surface area contributed by atoms with Gasteiger partial charge >= 0.3 is 0 Å². The topological polar surface area (TPSA) is 96.0 Å². The van der Waals surface area contributed by atoms with Crippen molar-refractivity contribution in [2.24, 2.45) is 0 Å². The van der Waals surface area contributed by atoms with Crippen molar-refractivity contribution in [1.29, 1.82) is 0 Å². The van der Waals surface area contributed by atoms with Gasteiger partial charge in [-0.3, -0.25) is 13.9 Å². The minimum absolute atomic E-state index is 0.00536. The van der Waals surface area contributed by atoms with Crippen LogP contribution in [0.5, 0.6) is 5.75 Å². The third kappa shape index (κ3) is 10.4. The van der Waals surface area contributed by atoms with E-state index in [1.54, 1.807) is 47.4 Å². The average molecular weight is 649 g/mol. The number of methoxy groups -OCH3 is 1. The van der Waals surface area contributed by atoms with E-state index in [1.807, 2.05) is 51.1 Å². The predicted octanol–water partition coefficient (Wildman–Crippen LogP) is 6.10. The Labute approximate surface area is 265 Å². The molecule has 1 atom stereocenters. The Bertz CT molecular complexity index is 1510. The zero-order chi connectivity index (χ0) is 31.8. The predicted molar refractivity (Wildman–Crippen MR) is 173 cm³/mol. The van der Waals surface area contributed by atoms with Crippen molar-refractivity contribution in [2.45, 2.75) is 58.2 Å². The molecule has 11 heteroatoms. The molecule has 1 N–H and O–H groups in total. The highest BCUT2D eigenvalue weighted by atomic mass is 35.5. The third-order valence-corrected chi connectivity index (χ3v) is 8.53. The van der Waals surface area contributed by atoms with E-state index in [2.05, 4.69) is 5.32 Å². The molecule has 0 fully saturated rings. The van der Waals surface area contributed by atoms with E-state index in [9.17, 15) is 18.0 Å². The van der Waals surface area contributed by atoms with E-state index in [-0.39, 0.29) is 44.2 Å². The van der Waals surface area contributed by atoms with Gasteiger partial charge in [0, 0.05) is 37.5 Å². The molecule has 0 heterocycles. The molecule has 0 aliphatic rings. The summed E-state index contributed by atoms with van der Waals surface area (Å²) in [5.74, 6) is -0.0716. The maximum atomic E-state index is 14.0. The van der Waals surface area contributed by atoms with Gasteiger partial charge in [-0.05, 0) is 62.6 Å². The second-order valence-electron chi connectivity index (χ2n) is 11.4. The molecule has 0 saturated carbocycles. The molecule has 3 rings (SSSR count). The van der Waals surface area contributed by atoms with E-state index in [4.69, 9.17) is 27.9 Å². The smallest absolute Gasteiger partial charge is 0.243 e. The van der Waals surface area contributed by atoms with Crippen LogP contribution < -0.4 is 14.4 Å². The van der Waals surface area contributed by atoms with Crippen molar-refractivity contribution in [2.75, 3.05) is 24.2 Å². The molecule has 0 spiro atoms. The highest BCUT2D eigenvalue weighted by molar-refractivity contribution is 7.92. The standard InChI is InChI=1S/C32H39Cl2N3O5S/c1-32(2,3)35-31(39)29(20-23-11-7-6-8-12-23)36(22-24-16-17-27(33)28(34)19-24)30(38)15-10-18-37(43(5,40)41)25-13-9-14-26(21-25)42-4/h6-9,11-14,16-17,19,21,29H,10,15,18,20,22H2,1-5H3,(H,35,39)/t29-/m0/s1. The molecule has 0 aliphatic heterocycles. The van der Waals surface area contributed by atoms with Gasteiger partial charge in [-0.25, -0.2) is 8.42 Å². The number of sulfonamides is 1. The average Bonchev–Trinajstić information content (AvgIpc) is 2.93. The maximum Gasteiger partial charge on any atom is 0.243 e. The molecule has 2 amide bonds. The fourth-order valence-electron chi connectivity index (χ4n) is 4.61. The quantitative estimate of drug-likeness (QED) is 0.242. The summed E-state index contributed by atoms with van der Waals surface area (Å²) in [6.07, 6.45) is 1.64. The Kier molecular flexibility index (Phi) is 11.9. The molecule has 0 aromatic heterocycles. The summed E-state index contributed by atoms with van der Waals surface area (Å²) in [5, 5.41) is 3.75. The molecular formula is C32H39Cl2N3O5S. The van der Waals surface area contributed by atoms with Crippen LogP contribution in [-0.4, -0.2) is 56.6 Å². The number of carbonyl (C=O) groups is 2. The summed E-state index contributed by atoms with van der Waals surface area (Å²) in [6.45, 7) is 5.82. The van der Waals surface area contributed by atoms with E-state index in [0.29, 0.717) is 27.0 Å². The first-order valence-electron chi connectivity index (χ1n) is 13.9. The number of halogens is 2. The van der Waals surface area contributed by atoms with Gasteiger partial charge in [-0.1, -0.05) is 65.7 Å². The van der Waals surface area contributed by atoms with Crippen LogP contribution in [0.1, 0.15) is 44.7 Å². The molecule has 0 radical (unpaired) electrons. The fraction of sp³-hybridized carbons (Fsp3) is 0.375. The number of anilines is 1. The molecular weight excluding hydrogens is 609 g/mol. The van der Waals surface area contributed by atoms with Crippen LogP contribution in [-0.2, 0) is 32.6 Å². The lowest BCUT2D eigenvalue weighted by Crippen LogP contribution is -2.54. The largest absolute Gasteiger partial charge is 0.497 e. The Morgan fingerprint density at radius 2 is 1.63 bits per heavy atom. The Morgan fingerprint density at radius 3 is 2.23 bits per heavy atom. The van der Waals surface area contributed by atoms with Crippen LogP contribution >= 0.6 is 23.2 Å². The number of nitrogens with zero attached hydrogens (tertiary/aromatic N) is 2. The van der Waals surface area contributed by atoms with Gasteiger partial charge in [0.05, 0.1) is 29.1 Å².